The van der Waals surface area contributed by atoms with E-state index in [4.69, 9.17) is 0 Å². The maximum atomic E-state index is 11.2. The number of hydrogen-bond donors (Lipinski definition) is 2. The lowest BCUT2D eigenvalue weighted by Gasteiger charge is -2.13. The zero-order valence-corrected chi connectivity index (χ0v) is 9.47. The quantitative estimate of drug-likeness (QED) is 0.629. The van der Waals surface area contributed by atoms with Gasteiger partial charge in [-0.2, -0.15) is 0 Å². The van der Waals surface area contributed by atoms with Crippen molar-refractivity contribution in [2.75, 3.05) is 13.1 Å². The molecule has 0 radical (unpaired) electrons. The third-order valence-electron chi connectivity index (χ3n) is 2.74. The van der Waals surface area contributed by atoms with Crippen LogP contribution in [-0.2, 0) is 4.79 Å². The summed E-state index contributed by atoms with van der Waals surface area (Å²) in [5.41, 5.74) is 0. The van der Waals surface area contributed by atoms with Crippen molar-refractivity contribution in [1.29, 1.82) is 0 Å². The van der Waals surface area contributed by atoms with Gasteiger partial charge in [-0.25, -0.2) is 0 Å². The van der Waals surface area contributed by atoms with Crippen LogP contribution in [0.5, 0.6) is 0 Å². The van der Waals surface area contributed by atoms with Crippen LogP contribution in [0.1, 0.15) is 33.6 Å². The molecule has 0 aliphatic heterocycles. The van der Waals surface area contributed by atoms with Crippen molar-refractivity contribution in [3.8, 4) is 0 Å². The Morgan fingerprint density at radius 2 is 1.93 bits per heavy atom. The molecule has 1 atom stereocenters. The van der Waals surface area contributed by atoms with E-state index >= 15 is 0 Å². The van der Waals surface area contributed by atoms with E-state index in [1.807, 2.05) is 13.8 Å². The Morgan fingerprint density at radius 1 is 1.29 bits per heavy atom. The second kappa shape index (κ2) is 5.35. The van der Waals surface area contributed by atoms with Gasteiger partial charge in [0.1, 0.15) is 0 Å². The number of carbonyl (C=O) groups excluding carboxylic acids is 1. The normalized spacial score (nSPS) is 18.3. The summed E-state index contributed by atoms with van der Waals surface area (Å²) in [6.45, 7) is 7.68. The smallest absolute Gasteiger partial charge is 0.222 e. The maximum Gasteiger partial charge on any atom is 0.222 e. The van der Waals surface area contributed by atoms with E-state index < -0.39 is 0 Å². The molecule has 1 aliphatic carbocycles. The van der Waals surface area contributed by atoms with Crippen LogP contribution < -0.4 is 10.6 Å². The Morgan fingerprint density at radius 3 is 2.43 bits per heavy atom. The van der Waals surface area contributed by atoms with E-state index in [0.29, 0.717) is 6.04 Å². The van der Waals surface area contributed by atoms with Gasteiger partial charge in [0.25, 0.3) is 0 Å². The van der Waals surface area contributed by atoms with E-state index in [9.17, 15) is 4.79 Å². The lowest BCUT2D eigenvalue weighted by molar-refractivity contribution is -0.123. The molecular weight excluding hydrogens is 176 g/mol. The van der Waals surface area contributed by atoms with Crippen LogP contribution in [0.2, 0.25) is 0 Å². The lowest BCUT2D eigenvalue weighted by atomic mass is 10.2. The summed E-state index contributed by atoms with van der Waals surface area (Å²) in [6.07, 6.45) is 2.74. The fourth-order valence-electron chi connectivity index (χ4n) is 1.45. The minimum atomic E-state index is 0.0934. The fourth-order valence-corrected chi connectivity index (χ4v) is 1.45. The molecule has 0 bridgehead atoms. The average Bonchev–Trinajstić information content (AvgIpc) is 2.94. The molecule has 0 heterocycles. The Labute approximate surface area is 86.6 Å². The van der Waals surface area contributed by atoms with E-state index in [-0.39, 0.29) is 11.8 Å². The maximum absolute atomic E-state index is 11.2. The van der Waals surface area contributed by atoms with Gasteiger partial charge in [-0.15, -0.1) is 0 Å². The van der Waals surface area contributed by atoms with Crippen LogP contribution in [0.4, 0.5) is 0 Å². The van der Waals surface area contributed by atoms with Gasteiger partial charge in [0, 0.05) is 25.0 Å². The Hall–Kier alpha value is -0.570. The van der Waals surface area contributed by atoms with Gasteiger partial charge in [-0.05, 0) is 25.7 Å². The molecule has 1 amide bonds. The molecule has 1 unspecified atom stereocenters. The average molecular weight is 198 g/mol. The standard InChI is InChI=1S/C11H22N2O/c1-8(2)11(14)13-7-6-12-9(3)10-4-5-10/h8-10,12H,4-7H2,1-3H3,(H,13,14). The van der Waals surface area contributed by atoms with Crippen LogP contribution in [-0.4, -0.2) is 25.0 Å². The summed E-state index contributed by atoms with van der Waals surface area (Å²) < 4.78 is 0. The van der Waals surface area contributed by atoms with Crippen LogP contribution >= 0.6 is 0 Å². The first-order chi connectivity index (χ1) is 6.61. The van der Waals surface area contributed by atoms with E-state index in [0.717, 1.165) is 19.0 Å². The van der Waals surface area contributed by atoms with Crippen molar-refractivity contribution in [3.63, 3.8) is 0 Å². The predicted octanol–water partition coefficient (Wildman–Crippen LogP) is 1.15. The Balaban J connectivity index is 1.95. The molecule has 0 aromatic rings. The first-order valence-corrected chi connectivity index (χ1v) is 5.62. The summed E-state index contributed by atoms with van der Waals surface area (Å²) in [5, 5.41) is 6.32. The van der Waals surface area contributed by atoms with Crippen molar-refractivity contribution in [3.05, 3.63) is 0 Å². The van der Waals surface area contributed by atoms with Gasteiger partial charge in [0.15, 0.2) is 0 Å². The van der Waals surface area contributed by atoms with Crippen LogP contribution in [0.3, 0.4) is 0 Å². The predicted molar refractivity (Wildman–Crippen MR) is 58.0 cm³/mol. The summed E-state index contributed by atoms with van der Waals surface area (Å²) in [7, 11) is 0. The van der Waals surface area contributed by atoms with Crippen molar-refractivity contribution in [1.82, 2.24) is 10.6 Å². The fraction of sp³-hybridized carbons (Fsp3) is 0.909. The summed E-state index contributed by atoms with van der Waals surface area (Å²) >= 11 is 0. The van der Waals surface area contributed by atoms with E-state index in [1.54, 1.807) is 0 Å². The number of carbonyl (C=O) groups is 1. The molecule has 1 saturated carbocycles. The van der Waals surface area contributed by atoms with Crippen LogP contribution in [0.25, 0.3) is 0 Å². The SMILES string of the molecule is CC(C)C(=O)NCCNC(C)C1CC1. The number of hydrogen-bond acceptors (Lipinski definition) is 2. The number of rotatable bonds is 6. The first kappa shape index (κ1) is 11.5. The molecule has 0 aromatic heterocycles. The van der Waals surface area contributed by atoms with Gasteiger partial charge in [0.05, 0.1) is 0 Å². The third kappa shape index (κ3) is 4.09. The van der Waals surface area contributed by atoms with Crippen molar-refractivity contribution in [2.45, 2.75) is 39.7 Å². The molecule has 0 aromatic carbocycles. The summed E-state index contributed by atoms with van der Waals surface area (Å²) in [5.74, 6) is 1.12. The molecule has 3 nitrogen and oxygen atoms in total. The molecule has 3 heteroatoms. The molecule has 1 aliphatic rings. The molecule has 14 heavy (non-hydrogen) atoms. The van der Waals surface area contributed by atoms with Crippen LogP contribution in [0.15, 0.2) is 0 Å². The molecule has 1 fully saturated rings. The minimum Gasteiger partial charge on any atom is -0.355 e. The zero-order valence-electron chi connectivity index (χ0n) is 9.47. The largest absolute Gasteiger partial charge is 0.355 e. The highest BCUT2D eigenvalue weighted by atomic mass is 16.1. The highest BCUT2D eigenvalue weighted by Crippen LogP contribution is 2.32. The molecule has 1 rings (SSSR count). The Kier molecular flexibility index (Phi) is 4.39. The highest BCUT2D eigenvalue weighted by molar-refractivity contribution is 5.77. The van der Waals surface area contributed by atoms with E-state index in [1.165, 1.54) is 12.8 Å². The molecule has 0 spiro atoms. The molecule has 2 N–H and O–H groups in total. The second-order valence-electron chi connectivity index (χ2n) is 4.53. The van der Waals surface area contributed by atoms with Crippen LogP contribution in [0, 0.1) is 11.8 Å². The van der Waals surface area contributed by atoms with Gasteiger partial charge in [-0.3, -0.25) is 4.79 Å². The molecule has 0 saturated heterocycles. The summed E-state index contributed by atoms with van der Waals surface area (Å²) in [4.78, 5) is 11.2. The number of nitrogens with one attached hydrogen (secondary N) is 2. The third-order valence-corrected chi connectivity index (χ3v) is 2.74. The van der Waals surface area contributed by atoms with Crippen molar-refractivity contribution >= 4 is 5.91 Å². The molecular formula is C11H22N2O. The zero-order chi connectivity index (χ0) is 10.6. The monoisotopic (exact) mass is 198 g/mol. The second-order valence-corrected chi connectivity index (χ2v) is 4.53. The number of amides is 1. The van der Waals surface area contributed by atoms with Gasteiger partial charge >= 0.3 is 0 Å². The van der Waals surface area contributed by atoms with Gasteiger partial charge in [0.2, 0.25) is 5.91 Å². The van der Waals surface area contributed by atoms with Gasteiger partial charge < -0.3 is 10.6 Å². The Bertz CT molecular complexity index is 188. The van der Waals surface area contributed by atoms with E-state index in [2.05, 4.69) is 17.6 Å². The highest BCUT2D eigenvalue weighted by Gasteiger charge is 2.27. The minimum absolute atomic E-state index is 0.0934. The topological polar surface area (TPSA) is 41.1 Å². The first-order valence-electron chi connectivity index (χ1n) is 5.62. The van der Waals surface area contributed by atoms with Crippen molar-refractivity contribution in [2.24, 2.45) is 11.8 Å². The summed E-state index contributed by atoms with van der Waals surface area (Å²) in [6, 6.07) is 0.617. The van der Waals surface area contributed by atoms with Gasteiger partial charge in [-0.1, -0.05) is 13.8 Å². The molecule has 82 valence electrons. The van der Waals surface area contributed by atoms with Crippen molar-refractivity contribution < 1.29 is 4.79 Å². The lowest BCUT2D eigenvalue weighted by Crippen LogP contribution is -2.37.